The molecule has 0 aliphatic heterocycles. The number of amides is 1. The first kappa shape index (κ1) is 14.1. The lowest BCUT2D eigenvalue weighted by Crippen LogP contribution is -2.29. The molecule has 17 heavy (non-hydrogen) atoms. The van der Waals surface area contributed by atoms with Crippen molar-refractivity contribution in [1.29, 1.82) is 0 Å². The zero-order chi connectivity index (χ0) is 13.0. The SMILES string of the molecule is Cc1ccc(CCN(C)C(=O)CS)c(C)c1C. The van der Waals surface area contributed by atoms with E-state index < -0.39 is 0 Å². The van der Waals surface area contributed by atoms with E-state index in [9.17, 15) is 4.79 Å². The maximum Gasteiger partial charge on any atom is 0.232 e. The molecule has 0 saturated carbocycles. The van der Waals surface area contributed by atoms with Crippen LogP contribution < -0.4 is 0 Å². The van der Waals surface area contributed by atoms with Crippen molar-refractivity contribution in [2.24, 2.45) is 0 Å². The second kappa shape index (κ2) is 6.10. The molecule has 1 aromatic rings. The van der Waals surface area contributed by atoms with E-state index in [0.29, 0.717) is 0 Å². The van der Waals surface area contributed by atoms with Crippen LogP contribution in [0.5, 0.6) is 0 Å². The summed E-state index contributed by atoms with van der Waals surface area (Å²) in [5.41, 5.74) is 5.35. The van der Waals surface area contributed by atoms with Gasteiger partial charge in [-0.05, 0) is 49.4 Å². The van der Waals surface area contributed by atoms with E-state index in [2.05, 4.69) is 45.5 Å². The molecule has 1 rings (SSSR count). The van der Waals surface area contributed by atoms with E-state index in [0.717, 1.165) is 13.0 Å². The van der Waals surface area contributed by atoms with Crippen molar-refractivity contribution in [3.63, 3.8) is 0 Å². The van der Waals surface area contributed by atoms with Gasteiger partial charge in [-0.1, -0.05) is 12.1 Å². The average molecular weight is 251 g/mol. The third kappa shape index (κ3) is 3.50. The molecule has 2 nitrogen and oxygen atoms in total. The van der Waals surface area contributed by atoms with Crippen LogP contribution in [0.15, 0.2) is 12.1 Å². The van der Waals surface area contributed by atoms with E-state index >= 15 is 0 Å². The number of carbonyl (C=O) groups is 1. The van der Waals surface area contributed by atoms with Gasteiger partial charge in [-0.15, -0.1) is 0 Å². The Morgan fingerprint density at radius 3 is 2.47 bits per heavy atom. The summed E-state index contributed by atoms with van der Waals surface area (Å²) in [6.45, 7) is 7.18. The topological polar surface area (TPSA) is 20.3 Å². The molecule has 0 saturated heterocycles. The standard InChI is InChI=1S/C14H21NOS/c1-10-5-6-13(12(3)11(10)2)7-8-15(4)14(16)9-17/h5-6,17H,7-9H2,1-4H3. The summed E-state index contributed by atoms with van der Waals surface area (Å²) in [5, 5.41) is 0. The number of thiol groups is 1. The first-order chi connectivity index (χ1) is 7.97. The highest BCUT2D eigenvalue weighted by Crippen LogP contribution is 2.17. The maximum atomic E-state index is 11.4. The van der Waals surface area contributed by atoms with E-state index in [1.54, 1.807) is 4.90 Å². The molecule has 0 atom stereocenters. The Labute approximate surface area is 109 Å². The molecular formula is C14H21NOS. The van der Waals surface area contributed by atoms with Crippen molar-refractivity contribution < 1.29 is 4.79 Å². The number of aryl methyl sites for hydroxylation is 1. The Balaban J connectivity index is 2.70. The van der Waals surface area contributed by atoms with Gasteiger partial charge in [0.1, 0.15) is 0 Å². The highest BCUT2D eigenvalue weighted by Gasteiger charge is 2.08. The van der Waals surface area contributed by atoms with Crippen LogP contribution in [0.4, 0.5) is 0 Å². The molecule has 0 bridgehead atoms. The summed E-state index contributed by atoms with van der Waals surface area (Å²) in [7, 11) is 1.83. The Bertz CT molecular complexity index is 415. The number of nitrogens with zero attached hydrogens (tertiary/aromatic N) is 1. The van der Waals surface area contributed by atoms with Crippen LogP contribution in [0.2, 0.25) is 0 Å². The summed E-state index contributed by atoms with van der Waals surface area (Å²) in [6.07, 6.45) is 0.906. The highest BCUT2D eigenvalue weighted by molar-refractivity contribution is 7.81. The number of likely N-dealkylation sites (N-methyl/N-ethyl adjacent to an activating group) is 1. The molecule has 0 unspecified atom stereocenters. The molecule has 0 fully saturated rings. The van der Waals surface area contributed by atoms with Crippen molar-refractivity contribution >= 4 is 18.5 Å². The second-order valence-electron chi connectivity index (χ2n) is 4.51. The lowest BCUT2D eigenvalue weighted by Gasteiger charge is -2.17. The lowest BCUT2D eigenvalue weighted by atomic mass is 9.97. The van der Waals surface area contributed by atoms with Gasteiger partial charge in [0.25, 0.3) is 0 Å². The monoisotopic (exact) mass is 251 g/mol. The Kier molecular flexibility index (Phi) is 5.06. The highest BCUT2D eigenvalue weighted by atomic mass is 32.1. The van der Waals surface area contributed by atoms with E-state index in [1.807, 2.05) is 7.05 Å². The van der Waals surface area contributed by atoms with Gasteiger partial charge in [0.2, 0.25) is 5.91 Å². The molecule has 0 aliphatic carbocycles. The summed E-state index contributed by atoms with van der Waals surface area (Å²) in [6, 6.07) is 4.31. The number of rotatable bonds is 4. The predicted octanol–water partition coefficient (Wildman–Crippen LogP) is 2.54. The van der Waals surface area contributed by atoms with Gasteiger partial charge in [-0.2, -0.15) is 12.6 Å². The molecule has 0 aromatic heterocycles. The quantitative estimate of drug-likeness (QED) is 0.815. The van der Waals surface area contributed by atoms with Gasteiger partial charge in [-0.3, -0.25) is 4.79 Å². The molecule has 0 radical (unpaired) electrons. The summed E-state index contributed by atoms with van der Waals surface area (Å²) >= 11 is 3.99. The smallest absolute Gasteiger partial charge is 0.232 e. The molecule has 0 spiro atoms. The van der Waals surface area contributed by atoms with Gasteiger partial charge < -0.3 is 4.90 Å². The first-order valence-electron chi connectivity index (χ1n) is 5.88. The zero-order valence-corrected chi connectivity index (χ0v) is 12.0. The normalized spacial score (nSPS) is 10.4. The minimum Gasteiger partial charge on any atom is -0.345 e. The fourth-order valence-corrected chi connectivity index (χ4v) is 2.06. The van der Waals surface area contributed by atoms with Gasteiger partial charge in [0, 0.05) is 13.6 Å². The largest absolute Gasteiger partial charge is 0.345 e. The van der Waals surface area contributed by atoms with E-state index in [-0.39, 0.29) is 11.7 Å². The Hall–Kier alpha value is -0.960. The van der Waals surface area contributed by atoms with Gasteiger partial charge >= 0.3 is 0 Å². The number of hydrogen-bond donors (Lipinski definition) is 1. The minimum atomic E-state index is 0.0785. The Morgan fingerprint density at radius 2 is 1.88 bits per heavy atom. The van der Waals surface area contributed by atoms with Gasteiger partial charge in [0.15, 0.2) is 0 Å². The molecule has 0 N–H and O–H groups in total. The number of hydrogen-bond acceptors (Lipinski definition) is 2. The number of benzene rings is 1. The fourth-order valence-electron chi connectivity index (χ4n) is 1.82. The van der Waals surface area contributed by atoms with Crippen LogP contribution in [0.1, 0.15) is 22.3 Å². The first-order valence-corrected chi connectivity index (χ1v) is 6.51. The third-order valence-electron chi connectivity index (χ3n) is 3.45. The number of carbonyl (C=O) groups excluding carboxylic acids is 1. The molecule has 1 amide bonds. The zero-order valence-electron chi connectivity index (χ0n) is 11.1. The average Bonchev–Trinajstić information content (AvgIpc) is 2.33. The molecule has 3 heteroatoms. The third-order valence-corrected chi connectivity index (χ3v) is 3.72. The van der Waals surface area contributed by atoms with E-state index in [4.69, 9.17) is 0 Å². The van der Waals surface area contributed by atoms with Crippen molar-refractivity contribution in [3.05, 3.63) is 34.4 Å². The second-order valence-corrected chi connectivity index (χ2v) is 4.83. The molecule has 0 heterocycles. The fraction of sp³-hybridized carbons (Fsp3) is 0.500. The molecule has 94 valence electrons. The van der Waals surface area contributed by atoms with Crippen molar-refractivity contribution in [3.8, 4) is 0 Å². The molecular weight excluding hydrogens is 230 g/mol. The van der Waals surface area contributed by atoms with Crippen LogP contribution in [0.25, 0.3) is 0 Å². The van der Waals surface area contributed by atoms with Crippen LogP contribution in [0, 0.1) is 20.8 Å². The van der Waals surface area contributed by atoms with Crippen molar-refractivity contribution in [1.82, 2.24) is 4.90 Å². The van der Waals surface area contributed by atoms with Crippen LogP contribution in [-0.4, -0.2) is 30.2 Å². The molecule has 1 aromatic carbocycles. The predicted molar refractivity (Wildman–Crippen MR) is 75.8 cm³/mol. The summed E-state index contributed by atoms with van der Waals surface area (Å²) < 4.78 is 0. The van der Waals surface area contributed by atoms with E-state index in [1.165, 1.54) is 22.3 Å². The molecule has 0 aliphatic rings. The van der Waals surface area contributed by atoms with Crippen molar-refractivity contribution in [2.45, 2.75) is 27.2 Å². The van der Waals surface area contributed by atoms with Crippen LogP contribution in [0.3, 0.4) is 0 Å². The maximum absolute atomic E-state index is 11.4. The minimum absolute atomic E-state index is 0.0785. The van der Waals surface area contributed by atoms with Crippen LogP contribution >= 0.6 is 12.6 Å². The summed E-state index contributed by atoms with van der Waals surface area (Å²) in [5.74, 6) is 0.359. The lowest BCUT2D eigenvalue weighted by molar-refractivity contribution is -0.127. The van der Waals surface area contributed by atoms with Gasteiger partial charge in [0.05, 0.1) is 5.75 Å². The van der Waals surface area contributed by atoms with Gasteiger partial charge in [-0.25, -0.2) is 0 Å². The Morgan fingerprint density at radius 1 is 1.24 bits per heavy atom. The summed E-state index contributed by atoms with van der Waals surface area (Å²) in [4.78, 5) is 13.1. The van der Waals surface area contributed by atoms with Crippen molar-refractivity contribution in [2.75, 3.05) is 19.3 Å². The van der Waals surface area contributed by atoms with Crippen LogP contribution in [-0.2, 0) is 11.2 Å².